The quantitative estimate of drug-likeness (QED) is 0.824. The van der Waals surface area contributed by atoms with Crippen LogP contribution < -0.4 is 5.32 Å². The van der Waals surface area contributed by atoms with E-state index in [1.807, 2.05) is 0 Å². The fourth-order valence-electron chi connectivity index (χ4n) is 2.84. The van der Waals surface area contributed by atoms with Gasteiger partial charge in [-0.25, -0.2) is 0 Å². The van der Waals surface area contributed by atoms with Gasteiger partial charge in [0.1, 0.15) is 0 Å². The Hall–Kier alpha value is -0.820. The summed E-state index contributed by atoms with van der Waals surface area (Å²) in [5, 5.41) is 3.69. The van der Waals surface area contributed by atoms with E-state index in [1.54, 1.807) is 0 Å². The molecule has 1 atom stereocenters. The van der Waals surface area contributed by atoms with Crippen molar-refractivity contribution >= 4 is 0 Å². The van der Waals surface area contributed by atoms with Crippen LogP contribution in [0.4, 0.5) is 0 Å². The van der Waals surface area contributed by atoms with Gasteiger partial charge >= 0.3 is 0 Å². The Morgan fingerprint density at radius 2 is 1.76 bits per heavy atom. The van der Waals surface area contributed by atoms with Crippen LogP contribution in [-0.2, 0) is 0 Å². The van der Waals surface area contributed by atoms with E-state index in [1.165, 1.54) is 41.5 Å². The molecule has 1 aromatic carbocycles. The van der Waals surface area contributed by atoms with Gasteiger partial charge < -0.3 is 5.32 Å². The first-order chi connectivity index (χ1) is 8.13. The molecule has 0 heterocycles. The maximum atomic E-state index is 3.69. The van der Waals surface area contributed by atoms with Gasteiger partial charge in [-0.1, -0.05) is 25.5 Å². The molecule has 0 aromatic heterocycles. The smallest absolute Gasteiger partial charge is 0.0351 e. The van der Waals surface area contributed by atoms with Gasteiger partial charge in [-0.3, -0.25) is 0 Å². The molecule has 1 heteroatoms. The first kappa shape index (κ1) is 12.6. The second-order valence-corrected chi connectivity index (χ2v) is 5.52. The van der Waals surface area contributed by atoms with E-state index in [0.29, 0.717) is 6.04 Å². The van der Waals surface area contributed by atoms with Crippen LogP contribution in [0.15, 0.2) is 12.1 Å². The average molecular weight is 231 g/mol. The van der Waals surface area contributed by atoms with Gasteiger partial charge in [-0.05, 0) is 68.3 Å². The largest absolute Gasteiger partial charge is 0.310 e. The molecule has 0 aliphatic heterocycles. The number of rotatable bonds is 4. The lowest BCUT2D eigenvalue weighted by atomic mass is 9.76. The molecule has 94 valence electrons. The highest BCUT2D eigenvalue weighted by atomic mass is 14.9. The fourth-order valence-corrected chi connectivity index (χ4v) is 2.84. The van der Waals surface area contributed by atoms with Crippen LogP contribution in [0.3, 0.4) is 0 Å². The van der Waals surface area contributed by atoms with E-state index >= 15 is 0 Å². The Balaban J connectivity index is 2.31. The van der Waals surface area contributed by atoms with Crippen molar-refractivity contribution in [1.29, 1.82) is 0 Å². The Labute approximate surface area is 106 Å². The molecule has 0 bridgehead atoms. The number of aryl methyl sites for hydroxylation is 3. The first-order valence-corrected chi connectivity index (χ1v) is 6.94. The third-order valence-electron chi connectivity index (χ3n) is 4.26. The second-order valence-electron chi connectivity index (χ2n) is 5.52. The predicted octanol–water partition coefficient (Wildman–Crippen LogP) is 4.06. The standard InChI is InChI=1S/C16H25N/c1-5-17-16(14-7-6-8-14)15-10-12(3)11(2)9-13(15)4/h9-10,14,16-17H,5-8H2,1-4H3. The minimum Gasteiger partial charge on any atom is -0.310 e. The molecule has 17 heavy (non-hydrogen) atoms. The fraction of sp³-hybridized carbons (Fsp3) is 0.625. The molecule has 1 aromatic rings. The normalized spacial score (nSPS) is 17.9. The molecule has 1 nitrogen and oxygen atoms in total. The second kappa shape index (κ2) is 5.22. The maximum Gasteiger partial charge on any atom is 0.0351 e. The van der Waals surface area contributed by atoms with E-state index in [2.05, 4.69) is 45.1 Å². The molecular weight excluding hydrogens is 206 g/mol. The first-order valence-electron chi connectivity index (χ1n) is 6.94. The molecule has 1 unspecified atom stereocenters. The average Bonchev–Trinajstić information content (AvgIpc) is 2.20. The monoisotopic (exact) mass is 231 g/mol. The van der Waals surface area contributed by atoms with Crippen LogP contribution in [-0.4, -0.2) is 6.54 Å². The van der Waals surface area contributed by atoms with Crippen molar-refractivity contribution in [3.8, 4) is 0 Å². The Bertz CT molecular complexity index is 391. The maximum absolute atomic E-state index is 3.69. The van der Waals surface area contributed by atoms with Crippen molar-refractivity contribution in [2.75, 3.05) is 6.54 Å². The molecule has 1 aliphatic rings. The third-order valence-corrected chi connectivity index (χ3v) is 4.26. The van der Waals surface area contributed by atoms with Gasteiger partial charge in [-0.2, -0.15) is 0 Å². The minimum atomic E-state index is 0.577. The summed E-state index contributed by atoms with van der Waals surface area (Å²) in [6.45, 7) is 9.96. The van der Waals surface area contributed by atoms with Crippen molar-refractivity contribution in [2.24, 2.45) is 5.92 Å². The highest BCUT2D eigenvalue weighted by Gasteiger charge is 2.28. The number of hydrogen-bond acceptors (Lipinski definition) is 1. The van der Waals surface area contributed by atoms with Crippen LogP contribution in [0.25, 0.3) is 0 Å². The summed E-state index contributed by atoms with van der Waals surface area (Å²) in [6.07, 6.45) is 4.20. The highest BCUT2D eigenvalue weighted by Crippen LogP contribution is 2.39. The van der Waals surface area contributed by atoms with Crippen molar-refractivity contribution in [2.45, 2.75) is 53.0 Å². The highest BCUT2D eigenvalue weighted by molar-refractivity contribution is 5.38. The lowest BCUT2D eigenvalue weighted by molar-refractivity contribution is 0.232. The Kier molecular flexibility index (Phi) is 3.88. The van der Waals surface area contributed by atoms with E-state index in [-0.39, 0.29) is 0 Å². The summed E-state index contributed by atoms with van der Waals surface area (Å²) in [6, 6.07) is 5.32. The van der Waals surface area contributed by atoms with Gasteiger partial charge in [0.25, 0.3) is 0 Å². The molecule has 2 rings (SSSR count). The zero-order valence-electron chi connectivity index (χ0n) is 11.6. The van der Waals surface area contributed by atoms with E-state index in [4.69, 9.17) is 0 Å². The summed E-state index contributed by atoms with van der Waals surface area (Å²) < 4.78 is 0. The summed E-state index contributed by atoms with van der Waals surface area (Å²) in [7, 11) is 0. The number of hydrogen-bond donors (Lipinski definition) is 1. The summed E-state index contributed by atoms with van der Waals surface area (Å²) in [5.41, 5.74) is 5.81. The summed E-state index contributed by atoms with van der Waals surface area (Å²) in [4.78, 5) is 0. The molecular formula is C16H25N. The van der Waals surface area contributed by atoms with Crippen LogP contribution in [0.1, 0.15) is 54.5 Å². The molecule has 1 saturated carbocycles. The summed E-state index contributed by atoms with van der Waals surface area (Å²) in [5.74, 6) is 0.857. The van der Waals surface area contributed by atoms with E-state index < -0.39 is 0 Å². The lowest BCUT2D eigenvalue weighted by Crippen LogP contribution is -2.32. The zero-order chi connectivity index (χ0) is 12.4. The molecule has 0 radical (unpaired) electrons. The topological polar surface area (TPSA) is 12.0 Å². The molecule has 1 N–H and O–H groups in total. The van der Waals surface area contributed by atoms with Crippen molar-refractivity contribution in [3.05, 3.63) is 34.4 Å². The van der Waals surface area contributed by atoms with Crippen LogP contribution in [0, 0.1) is 26.7 Å². The molecule has 0 spiro atoms. The van der Waals surface area contributed by atoms with Crippen molar-refractivity contribution < 1.29 is 0 Å². The number of benzene rings is 1. The van der Waals surface area contributed by atoms with Gasteiger partial charge in [0, 0.05) is 6.04 Å². The van der Waals surface area contributed by atoms with Gasteiger partial charge in [0.2, 0.25) is 0 Å². The van der Waals surface area contributed by atoms with Crippen LogP contribution in [0.2, 0.25) is 0 Å². The number of nitrogens with one attached hydrogen (secondary N) is 1. The lowest BCUT2D eigenvalue weighted by Gasteiger charge is -2.35. The summed E-state index contributed by atoms with van der Waals surface area (Å²) >= 11 is 0. The SMILES string of the molecule is CCNC(c1cc(C)c(C)cc1C)C1CCC1. The van der Waals surface area contributed by atoms with Gasteiger partial charge in [0.05, 0.1) is 0 Å². The van der Waals surface area contributed by atoms with E-state index in [9.17, 15) is 0 Å². The van der Waals surface area contributed by atoms with E-state index in [0.717, 1.165) is 12.5 Å². The Morgan fingerprint density at radius 3 is 2.29 bits per heavy atom. The predicted molar refractivity (Wildman–Crippen MR) is 74.4 cm³/mol. The van der Waals surface area contributed by atoms with Gasteiger partial charge in [-0.15, -0.1) is 0 Å². The molecule has 1 fully saturated rings. The van der Waals surface area contributed by atoms with Crippen molar-refractivity contribution in [3.63, 3.8) is 0 Å². The van der Waals surface area contributed by atoms with Crippen molar-refractivity contribution in [1.82, 2.24) is 5.32 Å². The third kappa shape index (κ3) is 2.55. The Morgan fingerprint density at radius 1 is 1.12 bits per heavy atom. The zero-order valence-corrected chi connectivity index (χ0v) is 11.6. The molecule has 0 saturated heterocycles. The molecule has 0 amide bonds. The van der Waals surface area contributed by atoms with Crippen LogP contribution >= 0.6 is 0 Å². The van der Waals surface area contributed by atoms with Gasteiger partial charge in [0.15, 0.2) is 0 Å². The van der Waals surface area contributed by atoms with Crippen LogP contribution in [0.5, 0.6) is 0 Å². The minimum absolute atomic E-state index is 0.577. The molecule has 1 aliphatic carbocycles.